The first-order valence-corrected chi connectivity index (χ1v) is 6.32. The topological polar surface area (TPSA) is 67.8 Å². The van der Waals surface area contributed by atoms with Crippen LogP contribution in [0, 0.1) is 5.92 Å². The van der Waals surface area contributed by atoms with E-state index in [0.717, 1.165) is 11.4 Å². The van der Waals surface area contributed by atoms with Crippen LogP contribution in [0.2, 0.25) is 0 Å². The van der Waals surface area contributed by atoms with Gasteiger partial charge in [-0.1, -0.05) is 0 Å². The lowest BCUT2D eigenvalue weighted by atomic mass is 9.97. The molecule has 1 heterocycles. The second-order valence-electron chi connectivity index (χ2n) is 4.83. The number of ether oxygens (including phenoxy) is 2. The Balaban J connectivity index is 2.12. The van der Waals surface area contributed by atoms with Crippen LogP contribution in [0.5, 0.6) is 5.75 Å². The van der Waals surface area contributed by atoms with Gasteiger partial charge >= 0.3 is 5.97 Å². The number of esters is 1. The molecule has 1 aliphatic rings. The van der Waals surface area contributed by atoms with Crippen molar-refractivity contribution in [1.29, 1.82) is 0 Å². The van der Waals surface area contributed by atoms with Crippen molar-refractivity contribution in [1.82, 2.24) is 0 Å². The van der Waals surface area contributed by atoms with E-state index in [-0.39, 0.29) is 17.9 Å². The Hall–Kier alpha value is -1.75. The van der Waals surface area contributed by atoms with Gasteiger partial charge in [0, 0.05) is 5.69 Å². The maximum absolute atomic E-state index is 11.6. The molecule has 2 rings (SSSR count). The molecule has 104 valence electrons. The molecule has 1 aromatic rings. The predicted octanol–water partition coefficient (Wildman–Crippen LogP) is 1.42. The smallest absolute Gasteiger partial charge is 0.311 e. The second kappa shape index (κ2) is 5.48. The van der Waals surface area contributed by atoms with E-state index in [2.05, 4.69) is 5.32 Å². The number of benzene rings is 1. The lowest BCUT2D eigenvalue weighted by Crippen LogP contribution is -2.40. The van der Waals surface area contributed by atoms with E-state index in [4.69, 9.17) is 9.47 Å². The highest BCUT2D eigenvalue weighted by Gasteiger charge is 2.44. The van der Waals surface area contributed by atoms with Gasteiger partial charge in [-0.15, -0.1) is 0 Å². The largest absolute Gasteiger partial charge is 0.497 e. The van der Waals surface area contributed by atoms with E-state index in [0.29, 0.717) is 0 Å². The SMILES string of the molecule is COc1ccc(N[C@H]2[C@@H]([C@H](C)O)OC(=O)[C@H]2C)cc1. The molecular weight excluding hydrogens is 246 g/mol. The highest BCUT2D eigenvalue weighted by molar-refractivity contribution is 5.76. The molecule has 0 bridgehead atoms. The molecule has 4 atom stereocenters. The number of nitrogens with one attached hydrogen (secondary N) is 1. The normalized spacial score (nSPS) is 27.8. The Morgan fingerprint density at radius 1 is 1.37 bits per heavy atom. The standard InChI is InChI=1S/C14H19NO4/c1-8-12(13(9(2)16)19-14(8)17)15-10-4-6-11(18-3)7-5-10/h4-9,12-13,15-16H,1-3H3/t8-,9-,12+,13+/m0/s1. The van der Waals surface area contributed by atoms with E-state index in [1.54, 1.807) is 21.0 Å². The number of methoxy groups -OCH3 is 1. The Kier molecular flexibility index (Phi) is 3.95. The van der Waals surface area contributed by atoms with Crippen molar-refractivity contribution in [3.05, 3.63) is 24.3 Å². The first kappa shape index (κ1) is 13.7. The fourth-order valence-electron chi connectivity index (χ4n) is 2.23. The first-order chi connectivity index (χ1) is 9.02. The zero-order valence-corrected chi connectivity index (χ0v) is 11.3. The van der Waals surface area contributed by atoms with Crippen LogP contribution in [-0.4, -0.2) is 36.4 Å². The van der Waals surface area contributed by atoms with Gasteiger partial charge in [-0.2, -0.15) is 0 Å². The summed E-state index contributed by atoms with van der Waals surface area (Å²) in [6.07, 6.45) is -1.23. The quantitative estimate of drug-likeness (QED) is 0.806. The lowest BCUT2D eigenvalue weighted by Gasteiger charge is -2.23. The second-order valence-corrected chi connectivity index (χ2v) is 4.83. The Morgan fingerprint density at radius 2 is 2.00 bits per heavy atom. The van der Waals surface area contributed by atoms with E-state index in [9.17, 15) is 9.90 Å². The number of aliphatic hydroxyl groups is 1. The minimum absolute atomic E-state index is 0.235. The van der Waals surface area contributed by atoms with Crippen LogP contribution >= 0.6 is 0 Å². The predicted molar refractivity (Wildman–Crippen MR) is 71.1 cm³/mol. The van der Waals surface area contributed by atoms with Crippen LogP contribution in [0.4, 0.5) is 5.69 Å². The highest BCUT2D eigenvalue weighted by atomic mass is 16.6. The van der Waals surface area contributed by atoms with E-state index in [1.807, 2.05) is 24.3 Å². The number of hydrogen-bond donors (Lipinski definition) is 2. The minimum Gasteiger partial charge on any atom is -0.497 e. The van der Waals surface area contributed by atoms with Crippen LogP contribution in [0.15, 0.2) is 24.3 Å². The number of aliphatic hydroxyl groups excluding tert-OH is 1. The third kappa shape index (κ3) is 2.81. The minimum atomic E-state index is -0.704. The molecule has 0 amide bonds. The molecule has 1 fully saturated rings. The number of hydrogen-bond acceptors (Lipinski definition) is 5. The number of rotatable bonds is 4. The van der Waals surface area contributed by atoms with Gasteiger partial charge in [0.15, 0.2) is 0 Å². The maximum Gasteiger partial charge on any atom is 0.311 e. The van der Waals surface area contributed by atoms with Gasteiger partial charge in [0.25, 0.3) is 0 Å². The molecule has 1 aromatic carbocycles. The van der Waals surface area contributed by atoms with Crippen molar-refractivity contribution in [2.75, 3.05) is 12.4 Å². The van der Waals surface area contributed by atoms with Crippen molar-refractivity contribution in [2.45, 2.75) is 32.1 Å². The summed E-state index contributed by atoms with van der Waals surface area (Å²) in [6.45, 7) is 3.42. The van der Waals surface area contributed by atoms with Crippen molar-refractivity contribution in [3.63, 3.8) is 0 Å². The van der Waals surface area contributed by atoms with Gasteiger partial charge in [-0.25, -0.2) is 0 Å². The average molecular weight is 265 g/mol. The summed E-state index contributed by atoms with van der Waals surface area (Å²) in [6, 6.07) is 7.17. The molecular formula is C14H19NO4. The zero-order valence-electron chi connectivity index (χ0n) is 11.3. The van der Waals surface area contributed by atoms with Crippen LogP contribution in [-0.2, 0) is 9.53 Å². The Morgan fingerprint density at radius 3 is 2.53 bits per heavy atom. The van der Waals surface area contributed by atoms with Crippen LogP contribution in [0.25, 0.3) is 0 Å². The third-order valence-corrected chi connectivity index (χ3v) is 3.42. The molecule has 5 nitrogen and oxygen atoms in total. The van der Waals surface area contributed by atoms with Gasteiger partial charge < -0.3 is 19.9 Å². The summed E-state index contributed by atoms with van der Waals surface area (Å²) in [7, 11) is 1.61. The number of carbonyl (C=O) groups excluding carboxylic acids is 1. The maximum atomic E-state index is 11.6. The van der Waals surface area contributed by atoms with Gasteiger partial charge in [0.1, 0.15) is 11.9 Å². The van der Waals surface area contributed by atoms with Crippen molar-refractivity contribution < 1.29 is 19.4 Å². The van der Waals surface area contributed by atoms with E-state index in [1.165, 1.54) is 0 Å². The van der Waals surface area contributed by atoms with Crippen LogP contribution in [0.3, 0.4) is 0 Å². The number of cyclic esters (lactones) is 1. The van der Waals surface area contributed by atoms with Gasteiger partial charge in [0.05, 0.1) is 25.2 Å². The van der Waals surface area contributed by atoms with Crippen molar-refractivity contribution in [3.8, 4) is 5.75 Å². The fraction of sp³-hybridized carbons (Fsp3) is 0.500. The summed E-state index contributed by atoms with van der Waals surface area (Å²) in [5.41, 5.74) is 0.863. The molecule has 0 unspecified atom stereocenters. The number of anilines is 1. The summed E-state index contributed by atoms with van der Waals surface area (Å²) in [4.78, 5) is 11.6. The summed E-state index contributed by atoms with van der Waals surface area (Å²) in [5, 5.41) is 12.9. The molecule has 1 saturated heterocycles. The van der Waals surface area contributed by atoms with E-state index >= 15 is 0 Å². The average Bonchev–Trinajstić information content (AvgIpc) is 2.68. The van der Waals surface area contributed by atoms with Crippen molar-refractivity contribution >= 4 is 11.7 Å². The molecule has 0 aromatic heterocycles. The molecule has 0 aliphatic carbocycles. The molecule has 0 spiro atoms. The highest BCUT2D eigenvalue weighted by Crippen LogP contribution is 2.27. The Labute approximate surface area is 112 Å². The molecule has 2 N–H and O–H groups in total. The molecule has 1 aliphatic heterocycles. The molecule has 0 radical (unpaired) electrons. The van der Waals surface area contributed by atoms with Gasteiger partial charge in [-0.05, 0) is 38.1 Å². The van der Waals surface area contributed by atoms with Crippen LogP contribution in [0.1, 0.15) is 13.8 Å². The molecule has 19 heavy (non-hydrogen) atoms. The van der Waals surface area contributed by atoms with Gasteiger partial charge in [0.2, 0.25) is 0 Å². The summed E-state index contributed by atoms with van der Waals surface area (Å²) < 4.78 is 10.3. The summed E-state index contributed by atoms with van der Waals surface area (Å²) in [5.74, 6) is 0.197. The Bertz CT molecular complexity index is 443. The molecule has 0 saturated carbocycles. The fourth-order valence-corrected chi connectivity index (χ4v) is 2.23. The van der Waals surface area contributed by atoms with Crippen molar-refractivity contribution in [2.24, 2.45) is 5.92 Å². The van der Waals surface area contributed by atoms with Gasteiger partial charge in [-0.3, -0.25) is 4.79 Å². The monoisotopic (exact) mass is 265 g/mol. The third-order valence-electron chi connectivity index (χ3n) is 3.42. The zero-order chi connectivity index (χ0) is 14.0. The number of carbonyl (C=O) groups is 1. The summed E-state index contributed by atoms with van der Waals surface area (Å²) >= 11 is 0. The lowest BCUT2D eigenvalue weighted by molar-refractivity contribution is -0.147. The molecule has 5 heteroatoms. The van der Waals surface area contributed by atoms with E-state index < -0.39 is 12.2 Å². The van der Waals surface area contributed by atoms with Crippen LogP contribution < -0.4 is 10.1 Å². The first-order valence-electron chi connectivity index (χ1n) is 6.32.